The van der Waals surface area contributed by atoms with Gasteiger partial charge in [0.1, 0.15) is 11.8 Å². The first-order valence-electron chi connectivity index (χ1n) is 10.1. The molecule has 152 valence electrons. The summed E-state index contributed by atoms with van der Waals surface area (Å²) in [5, 5.41) is 0.576. The lowest BCUT2D eigenvalue weighted by Gasteiger charge is -2.41. The summed E-state index contributed by atoms with van der Waals surface area (Å²) in [7, 11) is -1.88. The summed E-state index contributed by atoms with van der Waals surface area (Å²) in [6.07, 6.45) is 9.45. The van der Waals surface area contributed by atoms with E-state index in [9.17, 15) is 0 Å². The average molecular weight is 411 g/mol. The van der Waals surface area contributed by atoms with Gasteiger partial charge in [0, 0.05) is 0 Å². The molecule has 0 radical (unpaired) electrons. The molecule has 0 saturated carbocycles. The number of imidazole rings is 1. The molecule has 0 amide bonds. The molecular weight excluding hydrogens is 376 g/mol. The maximum absolute atomic E-state index is 6.86. The van der Waals surface area contributed by atoms with E-state index in [4.69, 9.17) is 16.0 Å². The standard InChI is InChI=1S/C20H35ClN4OSi/c1-8-9-10-11-12-16(26-27(6,7)20(3,4)5)15(2)25-14-24-17-18(21)22-13-23-19(17)25/h13-16H,8-12H2,1-7H3/t15-,16+/m1/s1. The molecule has 5 nitrogen and oxygen atoms in total. The lowest BCUT2D eigenvalue weighted by molar-refractivity contribution is 0.118. The number of halogens is 1. The highest BCUT2D eigenvalue weighted by Gasteiger charge is 2.40. The summed E-state index contributed by atoms with van der Waals surface area (Å²) in [5.41, 5.74) is 1.43. The number of fused-ring (bicyclic) bond motifs is 1. The molecule has 2 atom stereocenters. The lowest BCUT2D eigenvalue weighted by atomic mass is 10.0. The first kappa shape index (κ1) is 22.3. The van der Waals surface area contributed by atoms with Gasteiger partial charge in [-0.2, -0.15) is 0 Å². The zero-order valence-electron chi connectivity index (χ0n) is 17.9. The molecule has 2 heterocycles. The minimum Gasteiger partial charge on any atom is -0.412 e. The third-order valence-electron chi connectivity index (χ3n) is 5.89. The van der Waals surface area contributed by atoms with Gasteiger partial charge in [0.05, 0.1) is 18.5 Å². The van der Waals surface area contributed by atoms with Crippen LogP contribution in [0.4, 0.5) is 0 Å². The van der Waals surface area contributed by atoms with Gasteiger partial charge in [0.15, 0.2) is 19.1 Å². The summed E-state index contributed by atoms with van der Waals surface area (Å²) in [6, 6.07) is 0.136. The van der Waals surface area contributed by atoms with E-state index < -0.39 is 8.32 Å². The van der Waals surface area contributed by atoms with Crippen molar-refractivity contribution in [3.63, 3.8) is 0 Å². The van der Waals surface area contributed by atoms with Gasteiger partial charge in [-0.15, -0.1) is 0 Å². The Hall–Kier alpha value is -0.983. The number of hydrogen-bond acceptors (Lipinski definition) is 4. The van der Waals surface area contributed by atoms with E-state index in [1.165, 1.54) is 32.0 Å². The van der Waals surface area contributed by atoms with E-state index in [1.54, 1.807) is 0 Å². The maximum Gasteiger partial charge on any atom is 0.192 e. The molecule has 2 aromatic heterocycles. The van der Waals surface area contributed by atoms with Crippen LogP contribution in [0.3, 0.4) is 0 Å². The van der Waals surface area contributed by atoms with Crippen molar-refractivity contribution in [3.8, 4) is 0 Å². The van der Waals surface area contributed by atoms with Crippen LogP contribution in [0.15, 0.2) is 12.7 Å². The Kier molecular flexibility index (Phi) is 7.45. The largest absolute Gasteiger partial charge is 0.412 e. The smallest absolute Gasteiger partial charge is 0.192 e. The highest BCUT2D eigenvalue weighted by molar-refractivity contribution is 6.74. The molecule has 0 bridgehead atoms. The Morgan fingerprint density at radius 2 is 1.85 bits per heavy atom. The van der Waals surface area contributed by atoms with E-state index in [1.807, 2.05) is 6.33 Å². The summed E-state index contributed by atoms with van der Waals surface area (Å²) in [5.74, 6) is 0. The minimum absolute atomic E-state index is 0.133. The molecule has 0 fully saturated rings. The second kappa shape index (κ2) is 9.01. The number of rotatable bonds is 9. The molecular formula is C20H35ClN4OSi. The molecule has 2 aromatic rings. The highest BCUT2D eigenvalue weighted by atomic mass is 35.5. The fraction of sp³-hybridized carbons (Fsp3) is 0.750. The lowest BCUT2D eigenvalue weighted by Crippen LogP contribution is -2.45. The molecule has 7 heteroatoms. The molecule has 27 heavy (non-hydrogen) atoms. The zero-order chi connectivity index (χ0) is 20.2. The predicted octanol–water partition coefficient (Wildman–Crippen LogP) is 6.40. The Bertz CT molecular complexity index is 741. The van der Waals surface area contributed by atoms with Crippen LogP contribution in [0.25, 0.3) is 11.2 Å². The van der Waals surface area contributed by atoms with E-state index in [0.717, 1.165) is 12.1 Å². The second-order valence-corrected chi connectivity index (χ2v) is 14.1. The van der Waals surface area contributed by atoms with Crippen molar-refractivity contribution in [2.75, 3.05) is 0 Å². The van der Waals surface area contributed by atoms with E-state index in [-0.39, 0.29) is 17.2 Å². The molecule has 0 aliphatic rings. The maximum atomic E-state index is 6.86. The monoisotopic (exact) mass is 410 g/mol. The summed E-state index contributed by atoms with van der Waals surface area (Å²) < 4.78 is 8.96. The molecule has 0 saturated heterocycles. The van der Waals surface area contributed by atoms with E-state index in [0.29, 0.717) is 10.7 Å². The van der Waals surface area contributed by atoms with Crippen LogP contribution < -0.4 is 0 Å². The van der Waals surface area contributed by atoms with Crippen LogP contribution in [0.1, 0.15) is 72.8 Å². The minimum atomic E-state index is -1.88. The van der Waals surface area contributed by atoms with Gasteiger partial charge in [0.2, 0.25) is 0 Å². The van der Waals surface area contributed by atoms with Crippen molar-refractivity contribution in [1.29, 1.82) is 0 Å². The SMILES string of the molecule is CCCCCC[C@H](O[Si](C)(C)C(C)(C)C)[C@@H](C)n1cnc2c(Cl)ncnc21. The Balaban J connectivity index is 2.28. The van der Waals surface area contributed by atoms with Gasteiger partial charge in [-0.1, -0.05) is 65.0 Å². The van der Waals surface area contributed by atoms with Crippen LogP contribution in [-0.2, 0) is 4.43 Å². The van der Waals surface area contributed by atoms with Crippen LogP contribution in [0.5, 0.6) is 0 Å². The summed E-state index contributed by atoms with van der Waals surface area (Å²) in [4.78, 5) is 12.9. The molecule has 0 unspecified atom stereocenters. The molecule has 0 aliphatic carbocycles. The molecule has 0 aliphatic heterocycles. The molecule has 0 spiro atoms. The zero-order valence-corrected chi connectivity index (χ0v) is 19.7. The third-order valence-corrected chi connectivity index (χ3v) is 10.7. The van der Waals surface area contributed by atoms with Crippen molar-refractivity contribution >= 4 is 31.1 Å². The normalized spacial score (nSPS) is 15.3. The topological polar surface area (TPSA) is 52.8 Å². The number of nitrogens with zero attached hydrogens (tertiary/aromatic N) is 4. The highest BCUT2D eigenvalue weighted by Crippen LogP contribution is 2.39. The van der Waals surface area contributed by atoms with Gasteiger partial charge < -0.3 is 8.99 Å². The fourth-order valence-corrected chi connectivity index (χ4v) is 4.63. The Morgan fingerprint density at radius 3 is 2.48 bits per heavy atom. The van der Waals surface area contributed by atoms with E-state index in [2.05, 4.69) is 67.2 Å². The first-order chi connectivity index (χ1) is 12.6. The van der Waals surface area contributed by atoms with Crippen molar-refractivity contribution in [3.05, 3.63) is 17.8 Å². The van der Waals surface area contributed by atoms with Gasteiger partial charge in [-0.3, -0.25) is 0 Å². The Morgan fingerprint density at radius 1 is 1.15 bits per heavy atom. The van der Waals surface area contributed by atoms with Crippen LogP contribution in [-0.4, -0.2) is 33.9 Å². The van der Waals surface area contributed by atoms with Crippen LogP contribution in [0, 0.1) is 0 Å². The quantitative estimate of drug-likeness (QED) is 0.272. The molecule has 0 aromatic carbocycles. The third kappa shape index (κ3) is 5.30. The average Bonchev–Trinajstić information content (AvgIpc) is 3.01. The van der Waals surface area contributed by atoms with Crippen molar-refractivity contribution in [2.45, 2.75) is 97.0 Å². The van der Waals surface area contributed by atoms with Gasteiger partial charge in [-0.25, -0.2) is 15.0 Å². The van der Waals surface area contributed by atoms with Crippen molar-refractivity contribution in [1.82, 2.24) is 19.5 Å². The van der Waals surface area contributed by atoms with Crippen LogP contribution >= 0.6 is 11.6 Å². The summed E-state index contributed by atoms with van der Waals surface area (Å²) in [6.45, 7) is 16.0. The fourth-order valence-electron chi connectivity index (χ4n) is 3.03. The van der Waals surface area contributed by atoms with Gasteiger partial charge >= 0.3 is 0 Å². The molecule has 0 N–H and O–H groups in total. The van der Waals surface area contributed by atoms with Crippen molar-refractivity contribution < 1.29 is 4.43 Å². The van der Waals surface area contributed by atoms with E-state index >= 15 is 0 Å². The first-order valence-corrected chi connectivity index (χ1v) is 13.4. The number of unbranched alkanes of at least 4 members (excludes halogenated alkanes) is 3. The number of aromatic nitrogens is 4. The van der Waals surface area contributed by atoms with Gasteiger partial charge in [-0.05, 0) is 31.5 Å². The Labute approximate surface area is 170 Å². The second-order valence-electron chi connectivity index (χ2n) is 9.00. The van der Waals surface area contributed by atoms with Crippen molar-refractivity contribution in [2.24, 2.45) is 0 Å². The molecule has 2 rings (SSSR count). The van der Waals surface area contributed by atoms with Crippen LogP contribution in [0.2, 0.25) is 23.3 Å². The van der Waals surface area contributed by atoms with Gasteiger partial charge in [0.25, 0.3) is 0 Å². The summed E-state index contributed by atoms with van der Waals surface area (Å²) >= 11 is 6.19. The predicted molar refractivity (Wildman–Crippen MR) is 116 cm³/mol. The number of hydrogen-bond donors (Lipinski definition) is 0.